The molecule has 0 aliphatic heterocycles. The third-order valence-electron chi connectivity index (χ3n) is 5.83. The molecule has 4 rings (SSSR count). The van der Waals surface area contributed by atoms with E-state index in [1.807, 2.05) is 18.2 Å². The van der Waals surface area contributed by atoms with Gasteiger partial charge in [-0.25, -0.2) is 0 Å². The van der Waals surface area contributed by atoms with Crippen LogP contribution in [-0.4, -0.2) is 26.5 Å². The van der Waals surface area contributed by atoms with E-state index in [0.29, 0.717) is 32.4 Å². The summed E-state index contributed by atoms with van der Waals surface area (Å²) in [5.74, 6) is 0.359. The quantitative estimate of drug-likeness (QED) is 0.274. The van der Waals surface area contributed by atoms with E-state index in [2.05, 4.69) is 51.6 Å². The van der Waals surface area contributed by atoms with Crippen LogP contribution >= 0.6 is 11.3 Å². The fraction of sp³-hybridized carbons (Fsp3) is 0.345. The second-order valence-electron chi connectivity index (χ2n) is 11.2. The Kier molecular flexibility index (Phi) is 7.01. The highest BCUT2D eigenvalue weighted by molar-refractivity contribution is 7.15. The summed E-state index contributed by atoms with van der Waals surface area (Å²) in [6, 6.07) is 10.8. The number of thiazole rings is 1. The maximum Gasteiger partial charge on any atom is 0.308 e. The molecule has 0 spiro atoms. The molecule has 198 valence electrons. The highest BCUT2D eigenvalue weighted by Gasteiger charge is 2.28. The minimum Gasteiger partial charge on any atom is -0.426 e. The van der Waals surface area contributed by atoms with Gasteiger partial charge in [-0.2, -0.15) is 9.50 Å². The Balaban J connectivity index is 1.87. The molecule has 8 nitrogen and oxygen atoms in total. The Morgan fingerprint density at radius 2 is 1.50 bits per heavy atom. The van der Waals surface area contributed by atoms with Crippen LogP contribution in [0.15, 0.2) is 41.2 Å². The summed E-state index contributed by atoms with van der Waals surface area (Å²) in [6.07, 6.45) is 1.82. The standard InChI is InChI=1S/C29H31N3O5S/c1-16(33)36-22-12-10-9-11-19(22)25-30-27-32(31-25)26(35)23(38-27)15-18-13-20(28(3,4)5)24(37-17(2)34)21(14-18)29(6,7)8/h9-15H,1-8H3. The molecule has 0 bridgehead atoms. The van der Waals surface area contributed by atoms with Gasteiger partial charge in [0.1, 0.15) is 11.5 Å². The van der Waals surface area contributed by atoms with Crippen LogP contribution in [0.1, 0.15) is 72.1 Å². The topological polar surface area (TPSA) is 99.9 Å². The maximum absolute atomic E-state index is 13.3. The number of carbonyl (C=O) groups excluding carboxylic acids is 2. The number of ether oxygens (including phenoxy) is 2. The van der Waals surface area contributed by atoms with Gasteiger partial charge in [0.15, 0.2) is 5.82 Å². The molecular weight excluding hydrogens is 502 g/mol. The lowest BCUT2D eigenvalue weighted by molar-refractivity contribution is -0.132. The summed E-state index contributed by atoms with van der Waals surface area (Å²) in [7, 11) is 0. The van der Waals surface area contributed by atoms with Crippen molar-refractivity contribution in [3.8, 4) is 22.9 Å². The van der Waals surface area contributed by atoms with Crippen LogP contribution in [0.3, 0.4) is 0 Å². The molecule has 2 heterocycles. The molecule has 4 aromatic rings. The number of nitrogens with zero attached hydrogens (tertiary/aromatic N) is 3. The van der Waals surface area contributed by atoms with Gasteiger partial charge in [-0.1, -0.05) is 65.0 Å². The zero-order valence-electron chi connectivity index (χ0n) is 22.8. The molecule has 0 atom stereocenters. The van der Waals surface area contributed by atoms with Gasteiger partial charge < -0.3 is 9.47 Å². The second kappa shape index (κ2) is 9.79. The van der Waals surface area contributed by atoms with Crippen molar-refractivity contribution in [3.05, 3.63) is 68.0 Å². The molecule has 2 aromatic heterocycles. The first-order valence-electron chi connectivity index (χ1n) is 12.2. The zero-order valence-corrected chi connectivity index (χ0v) is 23.6. The lowest BCUT2D eigenvalue weighted by Crippen LogP contribution is -2.24. The normalized spacial score (nSPS) is 12.7. The minimum absolute atomic E-state index is 0.299. The average Bonchev–Trinajstić information content (AvgIpc) is 3.32. The molecule has 0 saturated heterocycles. The van der Waals surface area contributed by atoms with Crippen LogP contribution in [-0.2, 0) is 20.4 Å². The van der Waals surface area contributed by atoms with E-state index in [1.165, 1.54) is 29.7 Å². The molecule has 38 heavy (non-hydrogen) atoms. The number of aromatic nitrogens is 3. The van der Waals surface area contributed by atoms with Gasteiger partial charge in [0.05, 0.1) is 10.1 Å². The van der Waals surface area contributed by atoms with Crippen molar-refractivity contribution in [3.63, 3.8) is 0 Å². The monoisotopic (exact) mass is 533 g/mol. The predicted octanol–water partition coefficient (Wildman–Crippen LogP) is 4.81. The van der Waals surface area contributed by atoms with Gasteiger partial charge in [0.25, 0.3) is 5.56 Å². The van der Waals surface area contributed by atoms with Crippen LogP contribution in [0.4, 0.5) is 0 Å². The van der Waals surface area contributed by atoms with Gasteiger partial charge in [-0.15, -0.1) is 5.10 Å². The summed E-state index contributed by atoms with van der Waals surface area (Å²) >= 11 is 1.22. The Hall–Kier alpha value is -3.85. The van der Waals surface area contributed by atoms with Crippen LogP contribution in [0.5, 0.6) is 11.5 Å². The molecule has 9 heteroatoms. The van der Waals surface area contributed by atoms with Crippen molar-refractivity contribution in [1.29, 1.82) is 0 Å². The van der Waals surface area contributed by atoms with Crippen LogP contribution < -0.4 is 19.6 Å². The molecule has 0 unspecified atom stereocenters. The molecule has 0 saturated carbocycles. The Bertz CT molecular complexity index is 1630. The van der Waals surface area contributed by atoms with Crippen molar-refractivity contribution in [2.45, 2.75) is 66.2 Å². The fourth-order valence-corrected chi connectivity index (χ4v) is 5.00. The van der Waals surface area contributed by atoms with Crippen molar-refractivity contribution in [1.82, 2.24) is 14.6 Å². The zero-order chi connectivity index (χ0) is 28.0. The summed E-state index contributed by atoms with van der Waals surface area (Å²) < 4.78 is 12.7. The Morgan fingerprint density at radius 3 is 2.03 bits per heavy atom. The van der Waals surface area contributed by atoms with E-state index in [-0.39, 0.29) is 22.4 Å². The van der Waals surface area contributed by atoms with Crippen LogP contribution in [0.25, 0.3) is 22.4 Å². The first kappa shape index (κ1) is 27.2. The van der Waals surface area contributed by atoms with Crippen LogP contribution in [0, 0.1) is 0 Å². The number of rotatable bonds is 4. The van der Waals surface area contributed by atoms with Gasteiger partial charge in [0, 0.05) is 25.0 Å². The van der Waals surface area contributed by atoms with Crippen molar-refractivity contribution < 1.29 is 19.1 Å². The number of esters is 2. The molecule has 0 amide bonds. The smallest absolute Gasteiger partial charge is 0.308 e. The Labute approximate surface area is 224 Å². The average molecular weight is 534 g/mol. The summed E-state index contributed by atoms with van der Waals surface area (Å²) in [5.41, 5.74) is 2.17. The first-order valence-corrected chi connectivity index (χ1v) is 13.0. The number of hydrogen-bond donors (Lipinski definition) is 0. The number of para-hydroxylation sites is 1. The maximum atomic E-state index is 13.3. The molecule has 0 radical (unpaired) electrons. The van der Waals surface area contributed by atoms with E-state index in [0.717, 1.165) is 16.7 Å². The second-order valence-corrected chi connectivity index (χ2v) is 12.2. The van der Waals surface area contributed by atoms with E-state index >= 15 is 0 Å². The molecule has 2 aromatic carbocycles. The molecule has 0 fully saturated rings. The molecule has 0 aliphatic rings. The van der Waals surface area contributed by atoms with Gasteiger partial charge in [0.2, 0.25) is 4.96 Å². The molecule has 0 aliphatic carbocycles. The largest absolute Gasteiger partial charge is 0.426 e. The van der Waals surface area contributed by atoms with E-state index in [1.54, 1.807) is 24.3 Å². The van der Waals surface area contributed by atoms with Gasteiger partial charge in [-0.3, -0.25) is 14.4 Å². The lowest BCUT2D eigenvalue weighted by Gasteiger charge is -2.29. The third kappa shape index (κ3) is 5.52. The Morgan fingerprint density at radius 1 is 0.921 bits per heavy atom. The number of hydrogen-bond acceptors (Lipinski definition) is 8. The molecule has 0 N–H and O–H groups in total. The minimum atomic E-state index is -0.455. The summed E-state index contributed by atoms with van der Waals surface area (Å²) in [6.45, 7) is 15.1. The third-order valence-corrected chi connectivity index (χ3v) is 6.79. The lowest BCUT2D eigenvalue weighted by atomic mass is 9.78. The van der Waals surface area contributed by atoms with E-state index in [4.69, 9.17) is 9.47 Å². The van der Waals surface area contributed by atoms with Gasteiger partial charge in [-0.05, 0) is 46.7 Å². The number of fused-ring (bicyclic) bond motifs is 1. The highest BCUT2D eigenvalue weighted by atomic mass is 32.1. The predicted molar refractivity (Wildman–Crippen MR) is 148 cm³/mol. The summed E-state index contributed by atoms with van der Waals surface area (Å²) in [4.78, 5) is 41.7. The highest BCUT2D eigenvalue weighted by Crippen LogP contribution is 2.41. The van der Waals surface area contributed by atoms with Crippen molar-refractivity contribution in [2.24, 2.45) is 0 Å². The molecular formula is C29H31N3O5S. The first-order chi connectivity index (χ1) is 17.6. The number of benzene rings is 2. The van der Waals surface area contributed by atoms with Crippen molar-refractivity contribution >= 4 is 34.3 Å². The van der Waals surface area contributed by atoms with Gasteiger partial charge >= 0.3 is 11.9 Å². The van der Waals surface area contributed by atoms with Crippen LogP contribution in [0.2, 0.25) is 0 Å². The SMILES string of the molecule is CC(=O)Oc1ccccc1-c1nc2sc(=Cc3cc(C(C)(C)C)c(OC(C)=O)c(C(C)(C)C)c3)c(=O)n2n1. The van der Waals surface area contributed by atoms with Crippen molar-refractivity contribution in [2.75, 3.05) is 0 Å². The number of carbonyl (C=O) groups is 2. The summed E-state index contributed by atoms with van der Waals surface area (Å²) in [5, 5.41) is 4.41. The van der Waals surface area contributed by atoms with E-state index in [9.17, 15) is 14.4 Å². The van der Waals surface area contributed by atoms with E-state index < -0.39 is 5.97 Å². The fourth-order valence-electron chi connectivity index (χ4n) is 4.10.